The van der Waals surface area contributed by atoms with Gasteiger partial charge in [0.05, 0.1) is 12.2 Å². The number of nitrogens with one attached hydrogen (secondary N) is 1. The van der Waals surface area contributed by atoms with Crippen molar-refractivity contribution >= 4 is 17.1 Å². The Kier molecular flexibility index (Phi) is 5.11. The second-order valence-electron chi connectivity index (χ2n) is 6.95. The number of carbonyl (C=O) groups is 1. The molecule has 2 aromatic heterocycles. The van der Waals surface area contributed by atoms with Gasteiger partial charge in [-0.15, -0.1) is 0 Å². The zero-order valence-electron chi connectivity index (χ0n) is 15.5. The van der Waals surface area contributed by atoms with E-state index in [0.717, 1.165) is 49.5 Å². The molecular formula is C20H24N6O. The molecule has 1 atom stereocenters. The van der Waals surface area contributed by atoms with Gasteiger partial charge in [-0.3, -0.25) is 4.79 Å². The molecule has 1 aliphatic heterocycles. The summed E-state index contributed by atoms with van der Waals surface area (Å²) >= 11 is 0. The van der Waals surface area contributed by atoms with Gasteiger partial charge < -0.3 is 10.2 Å². The van der Waals surface area contributed by atoms with Crippen molar-refractivity contribution in [3.05, 3.63) is 54.0 Å². The normalized spacial score (nSPS) is 16.9. The zero-order valence-corrected chi connectivity index (χ0v) is 15.5. The number of carbonyl (C=O) groups excluding carboxylic acids is 1. The van der Waals surface area contributed by atoms with Crippen LogP contribution in [0.1, 0.15) is 30.5 Å². The van der Waals surface area contributed by atoms with E-state index in [-0.39, 0.29) is 11.8 Å². The third-order valence-electron chi connectivity index (χ3n) is 5.09. The highest BCUT2D eigenvalue weighted by Gasteiger charge is 2.30. The first-order valence-electron chi connectivity index (χ1n) is 9.40. The first-order valence-corrected chi connectivity index (χ1v) is 9.40. The van der Waals surface area contributed by atoms with Crippen molar-refractivity contribution in [3.63, 3.8) is 0 Å². The fraction of sp³-hybridized carbons (Fsp3) is 0.400. The summed E-state index contributed by atoms with van der Waals surface area (Å²) in [6.07, 6.45) is 4.34. The minimum atomic E-state index is 0.123. The van der Waals surface area contributed by atoms with E-state index in [1.807, 2.05) is 27.8 Å². The number of fused-ring (bicyclic) bond motifs is 1. The fourth-order valence-corrected chi connectivity index (χ4v) is 3.64. The second kappa shape index (κ2) is 7.84. The molecule has 3 heterocycles. The molecule has 1 fully saturated rings. The van der Waals surface area contributed by atoms with Crippen LogP contribution < -0.4 is 5.32 Å². The molecule has 1 aliphatic rings. The van der Waals surface area contributed by atoms with E-state index < -0.39 is 0 Å². The quantitative estimate of drug-likeness (QED) is 0.677. The summed E-state index contributed by atoms with van der Waals surface area (Å²) in [6.45, 7) is 5.47. The van der Waals surface area contributed by atoms with Crippen molar-refractivity contribution in [1.29, 1.82) is 0 Å². The van der Waals surface area contributed by atoms with Crippen LogP contribution in [0.2, 0.25) is 0 Å². The Morgan fingerprint density at radius 3 is 2.81 bits per heavy atom. The lowest BCUT2D eigenvalue weighted by atomic mass is 10.0. The van der Waals surface area contributed by atoms with Gasteiger partial charge in [-0.05, 0) is 12.0 Å². The highest BCUT2D eigenvalue weighted by molar-refractivity contribution is 5.75. The first kappa shape index (κ1) is 17.6. The summed E-state index contributed by atoms with van der Waals surface area (Å²) in [7, 11) is 0. The van der Waals surface area contributed by atoms with Gasteiger partial charge in [-0.25, -0.2) is 14.6 Å². The number of nitrogens with zero attached hydrogens (tertiary/aromatic N) is 5. The molecule has 3 aromatic rings. The number of hydrogen-bond donors (Lipinski definition) is 1. The number of hydrogen-bond acceptors (Lipinski definition) is 5. The number of benzene rings is 1. The Balaban J connectivity index is 1.46. The largest absolute Gasteiger partial charge is 0.342 e. The van der Waals surface area contributed by atoms with E-state index >= 15 is 0 Å². The van der Waals surface area contributed by atoms with E-state index in [1.165, 1.54) is 5.56 Å². The highest BCUT2D eigenvalue weighted by Crippen LogP contribution is 2.30. The predicted molar refractivity (Wildman–Crippen MR) is 103 cm³/mol. The maximum Gasteiger partial charge on any atom is 0.219 e. The molecule has 1 N–H and O–H groups in total. The Labute approximate surface area is 158 Å². The fourth-order valence-electron chi connectivity index (χ4n) is 3.64. The van der Waals surface area contributed by atoms with Crippen molar-refractivity contribution in [2.75, 3.05) is 19.6 Å². The second-order valence-corrected chi connectivity index (χ2v) is 6.95. The lowest BCUT2D eigenvalue weighted by Gasteiger charge is -2.12. The summed E-state index contributed by atoms with van der Waals surface area (Å²) < 4.78 is 1.94. The first-order chi connectivity index (χ1) is 13.2. The van der Waals surface area contributed by atoms with Crippen LogP contribution in [0, 0.1) is 0 Å². The van der Waals surface area contributed by atoms with E-state index in [9.17, 15) is 4.79 Å². The average molecular weight is 364 g/mol. The molecule has 1 amide bonds. The van der Waals surface area contributed by atoms with Crippen molar-refractivity contribution in [1.82, 2.24) is 30.0 Å². The van der Waals surface area contributed by atoms with Crippen molar-refractivity contribution in [2.24, 2.45) is 0 Å². The van der Waals surface area contributed by atoms with E-state index in [4.69, 9.17) is 5.10 Å². The molecule has 27 heavy (non-hydrogen) atoms. The van der Waals surface area contributed by atoms with Crippen LogP contribution in [0.5, 0.6) is 0 Å². The van der Waals surface area contributed by atoms with Crippen LogP contribution in [-0.4, -0.2) is 50.2 Å². The molecule has 7 heteroatoms. The van der Waals surface area contributed by atoms with Crippen LogP contribution in [0.3, 0.4) is 0 Å². The molecule has 7 nitrogen and oxygen atoms in total. The summed E-state index contributed by atoms with van der Waals surface area (Å²) in [5.41, 5.74) is 3.90. The van der Waals surface area contributed by atoms with Crippen molar-refractivity contribution in [2.45, 2.75) is 32.4 Å². The van der Waals surface area contributed by atoms with Crippen molar-refractivity contribution < 1.29 is 4.79 Å². The molecule has 0 radical (unpaired) electrons. The van der Waals surface area contributed by atoms with Gasteiger partial charge in [0, 0.05) is 51.4 Å². The van der Waals surface area contributed by atoms with Gasteiger partial charge in [0.15, 0.2) is 5.65 Å². The minimum absolute atomic E-state index is 0.123. The summed E-state index contributed by atoms with van der Waals surface area (Å²) in [6, 6.07) is 10.3. The summed E-state index contributed by atoms with van der Waals surface area (Å²) in [4.78, 5) is 22.5. The molecule has 0 unspecified atom stereocenters. The number of aromatic nitrogens is 4. The molecular weight excluding hydrogens is 340 g/mol. The maximum absolute atomic E-state index is 11.6. The Hall–Kier alpha value is -2.80. The number of likely N-dealkylation sites (tertiary alicyclic amines) is 1. The van der Waals surface area contributed by atoms with Gasteiger partial charge in [0.25, 0.3) is 0 Å². The summed E-state index contributed by atoms with van der Waals surface area (Å²) in [5.74, 6) is 0.351. The molecule has 1 saturated heterocycles. The zero-order chi connectivity index (χ0) is 18.6. The van der Waals surface area contributed by atoms with Gasteiger partial charge in [-0.2, -0.15) is 5.10 Å². The van der Waals surface area contributed by atoms with E-state index in [2.05, 4.69) is 27.4 Å². The molecule has 0 bridgehead atoms. The van der Waals surface area contributed by atoms with Crippen molar-refractivity contribution in [3.8, 4) is 0 Å². The highest BCUT2D eigenvalue weighted by atomic mass is 16.2. The molecule has 1 aromatic carbocycles. The smallest absolute Gasteiger partial charge is 0.219 e. The predicted octanol–water partition coefficient (Wildman–Crippen LogP) is 1.95. The van der Waals surface area contributed by atoms with Crippen LogP contribution in [-0.2, 0) is 17.9 Å². The number of amides is 1. The van der Waals surface area contributed by atoms with Crippen LogP contribution >= 0.6 is 0 Å². The Morgan fingerprint density at radius 1 is 1.22 bits per heavy atom. The monoisotopic (exact) mass is 364 g/mol. The van der Waals surface area contributed by atoms with Gasteiger partial charge in [-0.1, -0.05) is 30.3 Å². The maximum atomic E-state index is 11.6. The number of rotatable bonds is 6. The van der Waals surface area contributed by atoms with E-state index in [1.54, 1.807) is 19.3 Å². The molecule has 0 aliphatic carbocycles. The van der Waals surface area contributed by atoms with Crippen LogP contribution in [0.4, 0.5) is 0 Å². The topological polar surface area (TPSA) is 75.9 Å². The molecule has 0 spiro atoms. The minimum Gasteiger partial charge on any atom is -0.342 e. The molecule has 140 valence electrons. The lowest BCUT2D eigenvalue weighted by molar-refractivity contribution is -0.127. The van der Waals surface area contributed by atoms with Crippen LogP contribution in [0.15, 0.2) is 42.7 Å². The Morgan fingerprint density at radius 2 is 2.04 bits per heavy atom. The standard InChI is InChI=1S/C20H24N6O/c1-15(27)25-11-7-17(14-25)18-19-20(23-9-8-22-19)26(24-18)12-10-21-13-16-5-3-2-4-6-16/h2-6,8-9,17,21H,7,10-14H2,1H3/t17-/m1/s1. The third-order valence-corrected chi connectivity index (χ3v) is 5.09. The third kappa shape index (κ3) is 3.83. The van der Waals surface area contributed by atoms with Gasteiger partial charge >= 0.3 is 0 Å². The molecule has 4 rings (SSSR count). The van der Waals surface area contributed by atoms with Gasteiger partial charge in [0.1, 0.15) is 5.52 Å². The lowest BCUT2D eigenvalue weighted by Crippen LogP contribution is -2.25. The Bertz CT molecular complexity index is 923. The summed E-state index contributed by atoms with van der Waals surface area (Å²) in [5, 5.41) is 8.28. The molecule has 0 saturated carbocycles. The van der Waals surface area contributed by atoms with Crippen LogP contribution in [0.25, 0.3) is 11.2 Å². The average Bonchev–Trinajstić information content (AvgIpc) is 3.31. The van der Waals surface area contributed by atoms with E-state index in [0.29, 0.717) is 6.54 Å². The van der Waals surface area contributed by atoms with Gasteiger partial charge in [0.2, 0.25) is 5.91 Å². The SMILES string of the molecule is CC(=O)N1CC[C@@H](c2nn(CCNCc3ccccc3)c3nccnc23)C1.